The molecule has 1 unspecified atom stereocenters. The van der Waals surface area contributed by atoms with Gasteiger partial charge in [0.2, 0.25) is 6.39 Å². The van der Waals surface area contributed by atoms with Crippen LogP contribution in [0.3, 0.4) is 0 Å². The Morgan fingerprint density at radius 2 is 2.36 bits per heavy atom. The average molecular weight is 196 g/mol. The lowest BCUT2D eigenvalue weighted by Gasteiger charge is -2.23. The molecule has 2 heterocycles. The van der Waals surface area contributed by atoms with Gasteiger partial charge in [-0.1, -0.05) is 5.16 Å². The molecule has 1 aliphatic heterocycles. The third kappa shape index (κ3) is 1.78. The third-order valence-electron chi connectivity index (χ3n) is 2.91. The molecular formula is C9H16N4O. The van der Waals surface area contributed by atoms with Crippen LogP contribution in [0, 0.1) is 0 Å². The zero-order valence-corrected chi connectivity index (χ0v) is 8.44. The van der Waals surface area contributed by atoms with Crippen molar-refractivity contribution in [2.75, 3.05) is 20.1 Å². The molecule has 0 radical (unpaired) electrons. The van der Waals surface area contributed by atoms with E-state index in [1.54, 1.807) is 0 Å². The van der Waals surface area contributed by atoms with E-state index in [1.807, 2.05) is 0 Å². The first-order valence-electron chi connectivity index (χ1n) is 4.95. The highest BCUT2D eigenvalue weighted by Gasteiger charge is 2.33. The Hall–Kier alpha value is -0.940. The fourth-order valence-corrected chi connectivity index (χ4v) is 1.91. The Kier molecular flexibility index (Phi) is 2.52. The molecule has 0 aliphatic carbocycles. The summed E-state index contributed by atoms with van der Waals surface area (Å²) in [5.74, 6) is 0.646. The number of aromatic nitrogens is 2. The first kappa shape index (κ1) is 9.61. The molecule has 5 heteroatoms. The van der Waals surface area contributed by atoms with Gasteiger partial charge in [0.1, 0.15) is 0 Å². The minimum Gasteiger partial charge on any atom is -0.343 e. The van der Waals surface area contributed by atoms with Crippen molar-refractivity contribution in [1.29, 1.82) is 0 Å². The number of nitrogens with two attached hydrogens (primary N) is 1. The topological polar surface area (TPSA) is 68.2 Å². The first-order chi connectivity index (χ1) is 6.71. The van der Waals surface area contributed by atoms with E-state index in [2.05, 4.69) is 22.1 Å². The van der Waals surface area contributed by atoms with Gasteiger partial charge < -0.3 is 15.2 Å². The van der Waals surface area contributed by atoms with E-state index in [0.29, 0.717) is 5.82 Å². The van der Waals surface area contributed by atoms with Crippen LogP contribution in [0.25, 0.3) is 0 Å². The first-order valence-corrected chi connectivity index (χ1v) is 4.95. The van der Waals surface area contributed by atoms with Crippen LogP contribution < -0.4 is 5.73 Å². The van der Waals surface area contributed by atoms with Crippen molar-refractivity contribution >= 4 is 0 Å². The van der Waals surface area contributed by atoms with E-state index in [9.17, 15) is 0 Å². The molecule has 1 aromatic rings. The fourth-order valence-electron chi connectivity index (χ4n) is 1.91. The standard InChI is InChI=1S/C9H16N4O/c1-13-5-2-3-9(10,4-6-13)8-11-7-14-12-8/h7H,2-6,10H2,1H3. The third-order valence-corrected chi connectivity index (χ3v) is 2.91. The minimum absolute atomic E-state index is 0.391. The molecule has 14 heavy (non-hydrogen) atoms. The summed E-state index contributed by atoms with van der Waals surface area (Å²) in [7, 11) is 2.11. The molecule has 78 valence electrons. The molecule has 5 nitrogen and oxygen atoms in total. The maximum absolute atomic E-state index is 6.28. The number of rotatable bonds is 1. The van der Waals surface area contributed by atoms with E-state index in [0.717, 1.165) is 32.4 Å². The van der Waals surface area contributed by atoms with Gasteiger partial charge in [0.15, 0.2) is 5.82 Å². The summed E-state index contributed by atoms with van der Waals surface area (Å²) < 4.78 is 4.75. The second-order valence-corrected chi connectivity index (χ2v) is 4.07. The molecule has 0 saturated carbocycles. The maximum atomic E-state index is 6.28. The predicted octanol–water partition coefficient (Wildman–Crippen LogP) is 0.339. The lowest BCUT2D eigenvalue weighted by Crippen LogP contribution is -2.38. The van der Waals surface area contributed by atoms with Crippen molar-refractivity contribution in [3.63, 3.8) is 0 Å². The summed E-state index contributed by atoms with van der Waals surface area (Å²) >= 11 is 0. The summed E-state index contributed by atoms with van der Waals surface area (Å²) in [6.45, 7) is 2.09. The number of likely N-dealkylation sites (tertiary alicyclic amines) is 1. The zero-order valence-electron chi connectivity index (χ0n) is 8.44. The fraction of sp³-hybridized carbons (Fsp3) is 0.778. The Bertz CT molecular complexity index is 287. The second kappa shape index (κ2) is 3.67. The predicted molar refractivity (Wildman–Crippen MR) is 51.5 cm³/mol. The zero-order chi connectivity index (χ0) is 10.0. The van der Waals surface area contributed by atoms with Gasteiger partial charge in [-0.2, -0.15) is 4.98 Å². The molecular weight excluding hydrogens is 180 g/mol. The Morgan fingerprint density at radius 1 is 1.50 bits per heavy atom. The monoisotopic (exact) mass is 196 g/mol. The highest BCUT2D eigenvalue weighted by molar-refractivity contribution is 5.03. The average Bonchev–Trinajstić information content (AvgIpc) is 2.63. The molecule has 1 fully saturated rings. The van der Waals surface area contributed by atoms with Gasteiger partial charge in [0.05, 0.1) is 5.54 Å². The van der Waals surface area contributed by atoms with Crippen LogP contribution >= 0.6 is 0 Å². The van der Waals surface area contributed by atoms with E-state index in [-0.39, 0.29) is 0 Å². The lowest BCUT2D eigenvalue weighted by molar-refractivity contribution is 0.312. The van der Waals surface area contributed by atoms with Gasteiger partial charge >= 0.3 is 0 Å². The normalized spacial score (nSPS) is 30.1. The van der Waals surface area contributed by atoms with Gasteiger partial charge in [-0.3, -0.25) is 0 Å². The quantitative estimate of drug-likeness (QED) is 0.701. The Morgan fingerprint density at radius 3 is 3.07 bits per heavy atom. The van der Waals surface area contributed by atoms with Crippen LogP contribution in [0.1, 0.15) is 25.1 Å². The van der Waals surface area contributed by atoms with E-state index in [4.69, 9.17) is 10.3 Å². The summed E-state index contributed by atoms with van der Waals surface area (Å²) in [6, 6.07) is 0. The number of nitrogens with zero attached hydrogens (tertiary/aromatic N) is 3. The van der Waals surface area contributed by atoms with Crippen LogP contribution in [0.2, 0.25) is 0 Å². The van der Waals surface area contributed by atoms with Crippen LogP contribution in [-0.4, -0.2) is 35.2 Å². The summed E-state index contributed by atoms with van der Waals surface area (Å²) in [5, 5.41) is 3.85. The van der Waals surface area contributed by atoms with Crippen molar-refractivity contribution in [2.24, 2.45) is 5.73 Å². The van der Waals surface area contributed by atoms with Gasteiger partial charge in [-0.05, 0) is 32.9 Å². The molecule has 1 aliphatic rings. The Labute approximate surface area is 83.3 Å². The molecule has 2 rings (SSSR count). The number of hydrogen-bond donors (Lipinski definition) is 1. The summed E-state index contributed by atoms with van der Waals surface area (Å²) in [4.78, 5) is 6.34. The minimum atomic E-state index is -0.391. The van der Waals surface area contributed by atoms with E-state index in [1.165, 1.54) is 6.39 Å². The highest BCUT2D eigenvalue weighted by Crippen LogP contribution is 2.27. The lowest BCUT2D eigenvalue weighted by atomic mass is 9.91. The van der Waals surface area contributed by atoms with Crippen LogP contribution in [-0.2, 0) is 5.54 Å². The van der Waals surface area contributed by atoms with Gasteiger partial charge in [-0.25, -0.2) is 0 Å². The van der Waals surface area contributed by atoms with Gasteiger partial charge in [0, 0.05) is 6.54 Å². The van der Waals surface area contributed by atoms with E-state index < -0.39 is 5.54 Å². The Balaban J connectivity index is 2.15. The number of hydrogen-bond acceptors (Lipinski definition) is 5. The highest BCUT2D eigenvalue weighted by atomic mass is 16.5. The van der Waals surface area contributed by atoms with Crippen molar-refractivity contribution in [3.05, 3.63) is 12.2 Å². The van der Waals surface area contributed by atoms with Crippen molar-refractivity contribution in [2.45, 2.75) is 24.8 Å². The summed E-state index contributed by atoms with van der Waals surface area (Å²) in [5.41, 5.74) is 5.88. The smallest absolute Gasteiger partial charge is 0.213 e. The molecule has 0 amide bonds. The molecule has 1 aromatic heterocycles. The van der Waals surface area contributed by atoms with Gasteiger partial charge in [0.25, 0.3) is 0 Å². The SMILES string of the molecule is CN1CCCC(N)(c2ncon2)CC1. The van der Waals surface area contributed by atoms with Crippen LogP contribution in [0.4, 0.5) is 0 Å². The molecule has 0 aromatic carbocycles. The second-order valence-electron chi connectivity index (χ2n) is 4.07. The van der Waals surface area contributed by atoms with Crippen LogP contribution in [0.5, 0.6) is 0 Å². The maximum Gasteiger partial charge on any atom is 0.213 e. The van der Waals surface area contributed by atoms with E-state index >= 15 is 0 Å². The molecule has 2 N–H and O–H groups in total. The summed E-state index contributed by atoms with van der Waals surface area (Å²) in [6.07, 6.45) is 4.25. The van der Waals surface area contributed by atoms with Gasteiger partial charge in [-0.15, -0.1) is 0 Å². The molecule has 0 bridgehead atoms. The van der Waals surface area contributed by atoms with Crippen LogP contribution in [0.15, 0.2) is 10.9 Å². The molecule has 1 saturated heterocycles. The molecule has 1 atom stereocenters. The largest absolute Gasteiger partial charge is 0.343 e. The van der Waals surface area contributed by atoms with Crippen molar-refractivity contribution < 1.29 is 4.52 Å². The van der Waals surface area contributed by atoms with Crippen molar-refractivity contribution in [1.82, 2.24) is 15.0 Å². The molecule has 0 spiro atoms. The van der Waals surface area contributed by atoms with Crippen molar-refractivity contribution in [3.8, 4) is 0 Å².